The van der Waals surface area contributed by atoms with E-state index in [1.165, 1.54) is 24.8 Å². The van der Waals surface area contributed by atoms with E-state index in [1.807, 2.05) is 48.5 Å². The van der Waals surface area contributed by atoms with Crippen molar-refractivity contribution in [3.8, 4) is 5.75 Å². The number of allylic oxidation sites excluding steroid dienone is 1. The van der Waals surface area contributed by atoms with Crippen LogP contribution in [0.3, 0.4) is 0 Å². The van der Waals surface area contributed by atoms with Gasteiger partial charge in [0.25, 0.3) is 0 Å². The Morgan fingerprint density at radius 1 is 1.04 bits per heavy atom. The van der Waals surface area contributed by atoms with Gasteiger partial charge >= 0.3 is 0 Å². The molecule has 0 aliphatic carbocycles. The Morgan fingerprint density at radius 3 is 2.38 bits per heavy atom. The molecule has 0 fully saturated rings. The van der Waals surface area contributed by atoms with Gasteiger partial charge in [-0.25, -0.2) is 0 Å². The molecule has 0 amide bonds. The number of hydrogen-bond donors (Lipinski definition) is 1. The molecule has 0 spiro atoms. The highest BCUT2D eigenvalue weighted by Gasteiger charge is 2.02. The number of anilines is 1. The molecule has 0 bridgehead atoms. The van der Waals surface area contributed by atoms with E-state index in [2.05, 4.69) is 12.2 Å². The Balaban J connectivity index is 1.86. The van der Waals surface area contributed by atoms with E-state index in [-0.39, 0.29) is 5.78 Å². The van der Waals surface area contributed by atoms with E-state index >= 15 is 0 Å². The molecule has 2 aromatic rings. The van der Waals surface area contributed by atoms with E-state index < -0.39 is 0 Å². The van der Waals surface area contributed by atoms with Crippen molar-refractivity contribution in [2.75, 3.05) is 12.4 Å². The van der Waals surface area contributed by atoms with E-state index in [4.69, 9.17) is 4.74 Å². The number of hydrogen-bond acceptors (Lipinski definition) is 3. The summed E-state index contributed by atoms with van der Waals surface area (Å²) in [6, 6.07) is 15.5. The Bertz CT molecular complexity index is 657. The maximum absolute atomic E-state index is 12.2. The summed E-state index contributed by atoms with van der Waals surface area (Å²) >= 11 is 0. The van der Waals surface area contributed by atoms with Gasteiger partial charge in [-0.3, -0.25) is 4.79 Å². The zero-order valence-electron chi connectivity index (χ0n) is 14.4. The first-order chi connectivity index (χ1) is 11.7. The minimum Gasteiger partial charge on any atom is -0.497 e. The molecule has 0 radical (unpaired) electrons. The number of ketones is 1. The molecule has 2 aromatic carbocycles. The number of nitrogens with one attached hydrogen (secondary N) is 1. The van der Waals surface area contributed by atoms with Crippen LogP contribution in [0.5, 0.6) is 5.75 Å². The largest absolute Gasteiger partial charge is 0.497 e. The molecule has 3 heteroatoms. The third kappa shape index (κ3) is 5.58. The molecule has 24 heavy (non-hydrogen) atoms. The molecule has 126 valence electrons. The smallest absolute Gasteiger partial charge is 0.187 e. The molecule has 0 heterocycles. The topological polar surface area (TPSA) is 38.3 Å². The fourth-order valence-corrected chi connectivity index (χ4v) is 2.41. The van der Waals surface area contributed by atoms with Crippen LogP contribution >= 0.6 is 0 Å². The van der Waals surface area contributed by atoms with Crippen LogP contribution in [-0.4, -0.2) is 12.9 Å². The van der Waals surface area contributed by atoms with Gasteiger partial charge in [0, 0.05) is 23.5 Å². The third-order valence-electron chi connectivity index (χ3n) is 3.88. The molecule has 0 aliphatic rings. The average molecular weight is 323 g/mol. The Kier molecular flexibility index (Phi) is 7.09. The molecule has 0 unspecified atom stereocenters. The van der Waals surface area contributed by atoms with Crippen molar-refractivity contribution in [2.24, 2.45) is 0 Å². The number of carbonyl (C=O) groups is 1. The van der Waals surface area contributed by atoms with Crippen LogP contribution < -0.4 is 10.1 Å². The van der Waals surface area contributed by atoms with Crippen LogP contribution in [0.1, 0.15) is 42.1 Å². The quantitative estimate of drug-likeness (QED) is 0.390. The molecule has 0 aromatic heterocycles. The van der Waals surface area contributed by atoms with E-state index in [1.54, 1.807) is 19.4 Å². The number of unbranched alkanes of at least 4 members (excludes halogenated alkanes) is 2. The monoisotopic (exact) mass is 323 g/mol. The van der Waals surface area contributed by atoms with Gasteiger partial charge in [0.15, 0.2) is 5.78 Å². The Labute approximate surface area is 144 Å². The molecule has 0 aliphatic heterocycles. The van der Waals surface area contributed by atoms with Gasteiger partial charge in [-0.2, -0.15) is 0 Å². The number of aryl methyl sites for hydroxylation is 1. The number of ether oxygens (including phenoxy) is 1. The van der Waals surface area contributed by atoms with Crippen LogP contribution in [0.2, 0.25) is 0 Å². The molecule has 0 saturated heterocycles. The first kappa shape index (κ1) is 17.8. The second-order valence-corrected chi connectivity index (χ2v) is 5.72. The molecular weight excluding hydrogens is 298 g/mol. The highest BCUT2D eigenvalue weighted by Crippen LogP contribution is 2.15. The lowest BCUT2D eigenvalue weighted by atomic mass is 10.0. The van der Waals surface area contributed by atoms with E-state index in [9.17, 15) is 4.79 Å². The zero-order chi connectivity index (χ0) is 17.2. The lowest BCUT2D eigenvalue weighted by molar-refractivity contribution is 0.104. The third-order valence-corrected chi connectivity index (χ3v) is 3.88. The molecule has 3 nitrogen and oxygen atoms in total. The normalized spacial score (nSPS) is 10.8. The predicted octanol–water partition coefficient (Wildman–Crippen LogP) is 5.24. The highest BCUT2D eigenvalue weighted by molar-refractivity contribution is 6.04. The lowest BCUT2D eigenvalue weighted by Gasteiger charge is -2.03. The van der Waals surface area contributed by atoms with Gasteiger partial charge in [-0.1, -0.05) is 44.0 Å². The maximum atomic E-state index is 12.2. The SMILES string of the molecule is CCCCCc1ccc(C(=O)/C=C/Nc2ccc(OC)cc2)cc1. The average Bonchev–Trinajstić information content (AvgIpc) is 2.63. The van der Waals surface area contributed by atoms with Crippen molar-refractivity contribution in [3.05, 3.63) is 71.9 Å². The first-order valence-electron chi connectivity index (χ1n) is 8.43. The summed E-state index contributed by atoms with van der Waals surface area (Å²) in [5.41, 5.74) is 2.91. The number of benzene rings is 2. The minimum absolute atomic E-state index is 0.00359. The lowest BCUT2D eigenvalue weighted by Crippen LogP contribution is -1.97. The minimum atomic E-state index is -0.00359. The number of methoxy groups -OCH3 is 1. The van der Waals surface area contributed by atoms with E-state index in [0.717, 1.165) is 17.9 Å². The van der Waals surface area contributed by atoms with Crippen molar-refractivity contribution in [1.82, 2.24) is 0 Å². The van der Waals surface area contributed by atoms with Crippen molar-refractivity contribution in [1.29, 1.82) is 0 Å². The van der Waals surface area contributed by atoms with Crippen molar-refractivity contribution < 1.29 is 9.53 Å². The number of carbonyl (C=O) groups excluding carboxylic acids is 1. The van der Waals surface area contributed by atoms with Gasteiger partial charge in [-0.15, -0.1) is 0 Å². The molecular formula is C21H25NO2. The fraction of sp³-hybridized carbons (Fsp3) is 0.286. The molecule has 2 rings (SSSR count). The zero-order valence-corrected chi connectivity index (χ0v) is 14.4. The molecule has 1 N–H and O–H groups in total. The Morgan fingerprint density at radius 2 is 1.75 bits per heavy atom. The summed E-state index contributed by atoms with van der Waals surface area (Å²) in [5.74, 6) is 0.802. The van der Waals surface area contributed by atoms with Crippen LogP contribution in [0, 0.1) is 0 Å². The van der Waals surface area contributed by atoms with Gasteiger partial charge in [0.05, 0.1) is 7.11 Å². The Hall–Kier alpha value is -2.55. The van der Waals surface area contributed by atoms with Crippen LogP contribution in [0.4, 0.5) is 5.69 Å². The summed E-state index contributed by atoms with van der Waals surface area (Å²) in [6.07, 6.45) is 7.98. The van der Waals surface area contributed by atoms with Crippen LogP contribution in [0.25, 0.3) is 0 Å². The predicted molar refractivity (Wildman–Crippen MR) is 99.8 cm³/mol. The molecule has 0 atom stereocenters. The highest BCUT2D eigenvalue weighted by atomic mass is 16.5. The van der Waals surface area contributed by atoms with Gasteiger partial charge < -0.3 is 10.1 Å². The summed E-state index contributed by atoms with van der Waals surface area (Å²) < 4.78 is 5.11. The first-order valence-corrected chi connectivity index (χ1v) is 8.43. The van der Waals surface area contributed by atoms with Crippen LogP contribution in [-0.2, 0) is 6.42 Å². The van der Waals surface area contributed by atoms with Gasteiger partial charge in [0.1, 0.15) is 5.75 Å². The number of rotatable bonds is 9. The molecule has 0 saturated carbocycles. The van der Waals surface area contributed by atoms with Crippen molar-refractivity contribution in [2.45, 2.75) is 32.6 Å². The second-order valence-electron chi connectivity index (χ2n) is 5.72. The maximum Gasteiger partial charge on any atom is 0.187 e. The van der Waals surface area contributed by atoms with Gasteiger partial charge in [-0.05, 0) is 42.7 Å². The summed E-state index contributed by atoms with van der Waals surface area (Å²) in [7, 11) is 1.64. The van der Waals surface area contributed by atoms with Crippen LogP contribution in [0.15, 0.2) is 60.8 Å². The van der Waals surface area contributed by atoms with E-state index in [0.29, 0.717) is 5.56 Å². The van der Waals surface area contributed by atoms with Crippen molar-refractivity contribution >= 4 is 11.5 Å². The summed E-state index contributed by atoms with van der Waals surface area (Å²) in [4.78, 5) is 12.2. The van der Waals surface area contributed by atoms with Gasteiger partial charge in [0.2, 0.25) is 0 Å². The summed E-state index contributed by atoms with van der Waals surface area (Å²) in [5, 5.41) is 3.09. The standard InChI is InChI=1S/C21H25NO2/c1-3-4-5-6-17-7-9-18(10-8-17)21(23)15-16-22-19-11-13-20(24-2)14-12-19/h7-16,22H,3-6H2,1-2H3/b16-15+. The second kappa shape index (κ2) is 9.56. The van der Waals surface area contributed by atoms with Crippen molar-refractivity contribution in [3.63, 3.8) is 0 Å². The fourth-order valence-electron chi connectivity index (χ4n) is 2.41. The summed E-state index contributed by atoms with van der Waals surface area (Å²) in [6.45, 7) is 2.20.